The first-order chi connectivity index (χ1) is 20.0. The topological polar surface area (TPSA) is 114 Å². The second-order valence-corrected chi connectivity index (χ2v) is 11.9. The maximum absolute atomic E-state index is 14.1. The van der Waals surface area contributed by atoms with Crippen molar-refractivity contribution in [3.8, 4) is 17.2 Å². The van der Waals surface area contributed by atoms with Crippen LogP contribution in [-0.2, 0) is 26.2 Å². The van der Waals surface area contributed by atoms with Crippen molar-refractivity contribution in [3.05, 3.63) is 78.4 Å². The molecule has 1 atom stereocenters. The summed E-state index contributed by atoms with van der Waals surface area (Å²) in [5, 5.41) is 2.87. The number of carbonyl (C=O) groups is 2. The van der Waals surface area contributed by atoms with Crippen LogP contribution in [0, 0.1) is 5.92 Å². The van der Waals surface area contributed by atoms with Crippen LogP contribution in [-0.4, -0.2) is 65.6 Å². The van der Waals surface area contributed by atoms with Gasteiger partial charge >= 0.3 is 0 Å². The molecule has 0 saturated carbocycles. The number of benzene rings is 3. The van der Waals surface area contributed by atoms with Gasteiger partial charge < -0.3 is 24.4 Å². The molecule has 3 aromatic rings. The number of hydrogen-bond donors (Lipinski definition) is 1. The number of anilines is 1. The number of carbonyl (C=O) groups excluding carboxylic acids is 2. The highest BCUT2D eigenvalue weighted by Crippen LogP contribution is 2.33. The van der Waals surface area contributed by atoms with Gasteiger partial charge in [-0.3, -0.25) is 13.9 Å². The largest absolute Gasteiger partial charge is 0.497 e. The van der Waals surface area contributed by atoms with Gasteiger partial charge in [0.05, 0.1) is 31.9 Å². The summed E-state index contributed by atoms with van der Waals surface area (Å²) in [7, 11) is 0.190. The van der Waals surface area contributed by atoms with E-state index in [1.807, 2.05) is 19.9 Å². The van der Waals surface area contributed by atoms with E-state index in [0.29, 0.717) is 23.6 Å². The summed E-state index contributed by atoms with van der Waals surface area (Å²) in [4.78, 5) is 28.6. The van der Waals surface area contributed by atoms with Crippen LogP contribution in [0.15, 0.2) is 77.7 Å². The average Bonchev–Trinajstić information content (AvgIpc) is 3.00. The molecule has 226 valence electrons. The molecule has 2 amide bonds. The quantitative estimate of drug-likeness (QED) is 0.298. The molecule has 3 rings (SSSR count). The van der Waals surface area contributed by atoms with Gasteiger partial charge in [-0.05, 0) is 66.9 Å². The van der Waals surface area contributed by atoms with Gasteiger partial charge in [0.2, 0.25) is 11.8 Å². The minimum atomic E-state index is -4.26. The van der Waals surface area contributed by atoms with E-state index in [-0.39, 0.29) is 34.7 Å². The van der Waals surface area contributed by atoms with E-state index in [2.05, 4.69) is 5.32 Å². The zero-order valence-corrected chi connectivity index (χ0v) is 25.7. The molecule has 0 aliphatic heterocycles. The maximum Gasteiger partial charge on any atom is 0.264 e. The Morgan fingerprint density at radius 2 is 1.50 bits per heavy atom. The summed E-state index contributed by atoms with van der Waals surface area (Å²) in [6, 6.07) is 18.7. The van der Waals surface area contributed by atoms with Crippen LogP contribution in [0.4, 0.5) is 5.69 Å². The fourth-order valence-electron chi connectivity index (χ4n) is 4.23. The maximum atomic E-state index is 14.1. The van der Waals surface area contributed by atoms with Crippen molar-refractivity contribution in [1.82, 2.24) is 10.2 Å². The third-order valence-electron chi connectivity index (χ3n) is 6.62. The smallest absolute Gasteiger partial charge is 0.264 e. The Bertz CT molecular complexity index is 1460. The number of ether oxygens (including phenoxy) is 3. The van der Waals surface area contributed by atoms with Crippen molar-refractivity contribution in [2.75, 3.05) is 38.7 Å². The molecule has 10 nitrogen and oxygen atoms in total. The van der Waals surface area contributed by atoms with Crippen LogP contribution >= 0.6 is 0 Å². The molecular formula is C31H39N3O7S. The van der Waals surface area contributed by atoms with Gasteiger partial charge in [-0.25, -0.2) is 8.42 Å². The van der Waals surface area contributed by atoms with Gasteiger partial charge in [-0.1, -0.05) is 38.1 Å². The summed E-state index contributed by atoms with van der Waals surface area (Å²) in [6.07, 6.45) is 0. The van der Waals surface area contributed by atoms with Gasteiger partial charge in [0.1, 0.15) is 29.8 Å². The lowest BCUT2D eigenvalue weighted by molar-refractivity contribution is -0.139. The SMILES string of the molecule is COc1ccc(S(=O)(=O)N(CC(=O)N(Cc2cccc(OC)c2)[C@H](C)C(=O)NCC(C)C)c2ccccc2OC)cc1. The van der Waals surface area contributed by atoms with E-state index in [9.17, 15) is 18.0 Å². The first-order valence-corrected chi connectivity index (χ1v) is 15.0. The van der Waals surface area contributed by atoms with Crippen LogP contribution in [0.25, 0.3) is 0 Å². The number of rotatable bonds is 14. The summed E-state index contributed by atoms with van der Waals surface area (Å²) in [5.41, 5.74) is 0.899. The minimum Gasteiger partial charge on any atom is -0.497 e. The normalized spacial score (nSPS) is 11.9. The third-order valence-corrected chi connectivity index (χ3v) is 8.39. The summed E-state index contributed by atoms with van der Waals surface area (Å²) in [6.45, 7) is 5.47. The molecular weight excluding hydrogens is 558 g/mol. The van der Waals surface area contributed by atoms with Crippen LogP contribution in [0.2, 0.25) is 0 Å². The predicted octanol–water partition coefficient (Wildman–Crippen LogP) is 4.10. The molecule has 0 unspecified atom stereocenters. The predicted molar refractivity (Wildman–Crippen MR) is 161 cm³/mol. The van der Waals surface area contributed by atoms with Gasteiger partial charge in [-0.2, -0.15) is 0 Å². The zero-order chi connectivity index (χ0) is 30.9. The standard InChI is InChI=1S/C31H39N3O7S/c1-22(2)19-32-31(36)23(3)33(20-24-10-9-11-26(18-24)40-5)30(35)21-34(28-12-7-8-13-29(28)41-6)42(37,38)27-16-14-25(39-4)15-17-27/h7-18,22-23H,19-21H2,1-6H3,(H,32,36)/t23-/m1/s1. The third kappa shape index (κ3) is 7.94. The summed E-state index contributed by atoms with van der Waals surface area (Å²) < 4.78 is 45.1. The molecule has 0 aliphatic carbocycles. The molecule has 0 aromatic heterocycles. The Morgan fingerprint density at radius 1 is 0.833 bits per heavy atom. The van der Waals surface area contributed by atoms with Gasteiger partial charge in [0, 0.05) is 13.1 Å². The summed E-state index contributed by atoms with van der Waals surface area (Å²) in [5.74, 6) is 0.632. The fraction of sp³-hybridized carbons (Fsp3) is 0.355. The van der Waals surface area contributed by atoms with Crippen molar-refractivity contribution in [2.24, 2.45) is 5.92 Å². The molecule has 42 heavy (non-hydrogen) atoms. The molecule has 3 aromatic carbocycles. The highest BCUT2D eigenvalue weighted by Gasteiger charge is 2.33. The van der Waals surface area contributed by atoms with Crippen LogP contribution < -0.4 is 23.8 Å². The van der Waals surface area contributed by atoms with E-state index in [1.54, 1.807) is 56.5 Å². The first-order valence-electron chi connectivity index (χ1n) is 13.5. The Balaban J connectivity index is 2.06. The van der Waals surface area contributed by atoms with E-state index in [0.717, 1.165) is 4.31 Å². The molecule has 0 saturated heterocycles. The number of nitrogens with one attached hydrogen (secondary N) is 1. The number of methoxy groups -OCH3 is 3. The highest BCUT2D eigenvalue weighted by atomic mass is 32.2. The highest BCUT2D eigenvalue weighted by molar-refractivity contribution is 7.92. The average molecular weight is 598 g/mol. The Kier molecular flexibility index (Phi) is 11.2. The van der Waals surface area contributed by atoms with Crippen LogP contribution in [0.1, 0.15) is 26.3 Å². The minimum absolute atomic E-state index is 0.0379. The van der Waals surface area contributed by atoms with E-state index >= 15 is 0 Å². The first kappa shape index (κ1) is 32.3. The van der Waals surface area contributed by atoms with Gasteiger partial charge in [-0.15, -0.1) is 0 Å². The second kappa shape index (κ2) is 14.6. The zero-order valence-electron chi connectivity index (χ0n) is 24.9. The lowest BCUT2D eigenvalue weighted by Gasteiger charge is -2.32. The van der Waals surface area contributed by atoms with Crippen molar-refractivity contribution in [3.63, 3.8) is 0 Å². The van der Waals surface area contributed by atoms with Gasteiger partial charge in [0.25, 0.3) is 10.0 Å². The molecule has 1 N–H and O–H groups in total. The number of hydrogen-bond acceptors (Lipinski definition) is 7. The Hall–Kier alpha value is -4.25. The lowest BCUT2D eigenvalue weighted by atomic mass is 10.1. The molecule has 0 spiro atoms. The van der Waals surface area contributed by atoms with Gasteiger partial charge in [0.15, 0.2) is 0 Å². The number of amides is 2. The van der Waals surface area contributed by atoms with E-state index in [4.69, 9.17) is 14.2 Å². The molecule has 0 fully saturated rings. The van der Waals surface area contributed by atoms with E-state index < -0.39 is 28.5 Å². The molecule has 0 radical (unpaired) electrons. The molecule has 11 heteroatoms. The van der Waals surface area contributed by atoms with Crippen LogP contribution in [0.5, 0.6) is 17.2 Å². The molecule has 0 heterocycles. The van der Waals surface area contributed by atoms with Crippen molar-refractivity contribution in [2.45, 2.75) is 38.3 Å². The molecule has 0 aliphatic rings. The Morgan fingerprint density at radius 3 is 2.12 bits per heavy atom. The summed E-state index contributed by atoms with van der Waals surface area (Å²) >= 11 is 0. The van der Waals surface area contributed by atoms with Crippen molar-refractivity contribution >= 4 is 27.5 Å². The second-order valence-electron chi connectivity index (χ2n) is 10.0. The van der Waals surface area contributed by atoms with Crippen LogP contribution in [0.3, 0.4) is 0 Å². The lowest BCUT2D eigenvalue weighted by Crippen LogP contribution is -2.51. The van der Waals surface area contributed by atoms with E-state index in [1.165, 1.54) is 43.4 Å². The Labute approximate surface area is 248 Å². The fourth-order valence-corrected chi connectivity index (χ4v) is 5.65. The monoisotopic (exact) mass is 597 g/mol. The number of para-hydroxylation sites is 2. The molecule has 0 bridgehead atoms. The number of nitrogens with zero attached hydrogens (tertiary/aromatic N) is 2. The van der Waals surface area contributed by atoms with Crippen molar-refractivity contribution in [1.29, 1.82) is 0 Å². The van der Waals surface area contributed by atoms with Crippen molar-refractivity contribution < 1.29 is 32.2 Å². The number of sulfonamides is 1.